The topological polar surface area (TPSA) is 3.24 Å². The van der Waals surface area contributed by atoms with Crippen LogP contribution in [-0.2, 0) is 24.7 Å². The molecular formula is C60H47N. The Morgan fingerprint density at radius 2 is 1.13 bits per heavy atom. The molecule has 6 aliphatic rings. The van der Waals surface area contributed by atoms with Crippen molar-refractivity contribution in [2.75, 3.05) is 4.90 Å². The summed E-state index contributed by atoms with van der Waals surface area (Å²) in [6, 6.07) is 56.3. The number of benzene rings is 7. The van der Waals surface area contributed by atoms with Gasteiger partial charge in [0.2, 0.25) is 0 Å². The smallest absolute Gasteiger partial charge is 0.0722 e. The first kappa shape index (κ1) is 35.1. The van der Waals surface area contributed by atoms with Crippen LogP contribution >= 0.6 is 0 Å². The molecule has 61 heavy (non-hydrogen) atoms. The van der Waals surface area contributed by atoms with E-state index in [9.17, 15) is 0 Å². The third kappa shape index (κ3) is 5.13. The van der Waals surface area contributed by atoms with Crippen LogP contribution in [0.3, 0.4) is 0 Å². The molecule has 292 valence electrons. The fourth-order valence-corrected chi connectivity index (χ4v) is 12.2. The number of nitrogens with zero attached hydrogens (tertiary/aromatic N) is 1. The lowest BCUT2D eigenvalue weighted by Gasteiger charge is -2.32. The number of fused-ring (bicyclic) bond motifs is 13. The Morgan fingerprint density at radius 3 is 1.98 bits per heavy atom. The van der Waals surface area contributed by atoms with E-state index in [0.29, 0.717) is 0 Å². The lowest BCUT2D eigenvalue weighted by Crippen LogP contribution is -2.27. The largest absolute Gasteiger partial charge is 0.310 e. The molecule has 0 saturated carbocycles. The highest BCUT2D eigenvalue weighted by Crippen LogP contribution is 2.63. The molecule has 7 aromatic rings. The van der Waals surface area contributed by atoms with E-state index in [-0.39, 0.29) is 5.41 Å². The van der Waals surface area contributed by atoms with Crippen LogP contribution < -0.4 is 4.90 Å². The molecule has 1 unspecified atom stereocenters. The van der Waals surface area contributed by atoms with Crippen molar-refractivity contribution in [3.63, 3.8) is 0 Å². The zero-order chi connectivity index (χ0) is 40.1. The molecule has 0 aliphatic heterocycles. The van der Waals surface area contributed by atoms with Crippen molar-refractivity contribution in [1.29, 1.82) is 0 Å². The molecule has 0 bridgehead atoms. The van der Waals surface area contributed by atoms with Crippen LogP contribution in [0, 0.1) is 0 Å². The second-order valence-corrected chi connectivity index (χ2v) is 17.9. The average Bonchev–Trinajstić information content (AvgIpc) is 3.97. The molecule has 13 rings (SSSR count). The van der Waals surface area contributed by atoms with Gasteiger partial charge < -0.3 is 4.90 Å². The van der Waals surface area contributed by atoms with Gasteiger partial charge >= 0.3 is 0 Å². The molecule has 0 radical (unpaired) electrons. The number of hydrogen-bond acceptors (Lipinski definition) is 1. The Balaban J connectivity index is 0.937. The van der Waals surface area contributed by atoms with Gasteiger partial charge in [0, 0.05) is 17.8 Å². The molecular weight excluding hydrogens is 735 g/mol. The standard InChI is InChI=1S/C60H47N/c1-2-15-41(16-3-1)46-21-12-22-47-48-23-13-27-59(54(48)38-53(46)47)61(45-34-30-39-14-4-5-17-42(39)36-45)44-32-28-40(29-33-44)43-31-35-52-51-20-8-11-26-57(51)60(58(52)37-43)55-24-9-6-18-49(55)50-19-7-10-25-56(50)60/h2,6,8-13,15-16,18,20-37H,1,3-5,7,14,17,19,38H2. The molecule has 7 aromatic carbocycles. The van der Waals surface area contributed by atoms with Gasteiger partial charge in [0.05, 0.1) is 11.1 Å². The minimum Gasteiger partial charge on any atom is -0.310 e. The minimum absolute atomic E-state index is 0.303. The second kappa shape index (κ2) is 13.7. The fourth-order valence-electron chi connectivity index (χ4n) is 12.2. The van der Waals surface area contributed by atoms with E-state index in [4.69, 9.17) is 0 Å². The van der Waals surface area contributed by atoms with Crippen molar-refractivity contribution in [1.82, 2.24) is 0 Å². The van der Waals surface area contributed by atoms with Gasteiger partial charge in [0.25, 0.3) is 0 Å². The van der Waals surface area contributed by atoms with Crippen molar-refractivity contribution < 1.29 is 0 Å². The summed E-state index contributed by atoms with van der Waals surface area (Å²) >= 11 is 0. The SMILES string of the molecule is C1=CC(c2cccc3c2Cc2c-3cccc2N(c2ccc(-c3ccc4c(c3)C3(C5=C(CCC=C5)c5ccccc53)c3ccccc3-4)cc2)c2ccc3c(c2)CCCC3)=CCC1. The van der Waals surface area contributed by atoms with E-state index < -0.39 is 0 Å². The zero-order valence-electron chi connectivity index (χ0n) is 34.6. The predicted octanol–water partition coefficient (Wildman–Crippen LogP) is 15.4. The predicted molar refractivity (Wildman–Crippen MR) is 255 cm³/mol. The molecule has 0 N–H and O–H groups in total. The third-order valence-corrected chi connectivity index (χ3v) is 14.8. The Morgan fingerprint density at radius 1 is 0.443 bits per heavy atom. The van der Waals surface area contributed by atoms with Gasteiger partial charge in [-0.2, -0.15) is 0 Å². The molecule has 1 spiro atoms. The number of anilines is 3. The Hall–Kier alpha value is -6.70. The molecule has 1 heteroatoms. The maximum atomic E-state index is 2.55. The van der Waals surface area contributed by atoms with Gasteiger partial charge in [-0.15, -0.1) is 0 Å². The molecule has 0 aromatic heterocycles. The summed E-state index contributed by atoms with van der Waals surface area (Å²) in [7, 11) is 0. The summed E-state index contributed by atoms with van der Waals surface area (Å²) in [5.74, 6) is 0. The van der Waals surface area contributed by atoms with Crippen LogP contribution in [0.25, 0.3) is 44.5 Å². The van der Waals surface area contributed by atoms with Gasteiger partial charge in [-0.05, 0) is 188 Å². The van der Waals surface area contributed by atoms with Crippen LogP contribution in [0.15, 0.2) is 182 Å². The highest BCUT2D eigenvalue weighted by molar-refractivity contribution is 5.97. The summed E-state index contributed by atoms with van der Waals surface area (Å²) < 4.78 is 0. The lowest BCUT2D eigenvalue weighted by atomic mass is 9.69. The Bertz CT molecular complexity index is 3110. The van der Waals surface area contributed by atoms with Gasteiger partial charge in [0.15, 0.2) is 0 Å². The zero-order valence-corrected chi connectivity index (χ0v) is 34.6. The summed E-state index contributed by atoms with van der Waals surface area (Å²) in [6.45, 7) is 0. The van der Waals surface area contributed by atoms with Crippen LogP contribution in [0.4, 0.5) is 17.1 Å². The van der Waals surface area contributed by atoms with Gasteiger partial charge in [-0.3, -0.25) is 0 Å². The van der Waals surface area contributed by atoms with Crippen molar-refractivity contribution in [3.05, 3.63) is 232 Å². The first-order chi connectivity index (χ1) is 30.3. The van der Waals surface area contributed by atoms with Crippen LogP contribution in [0.2, 0.25) is 0 Å². The van der Waals surface area contributed by atoms with E-state index in [1.165, 1.54) is 136 Å². The van der Waals surface area contributed by atoms with Gasteiger partial charge in [-0.25, -0.2) is 0 Å². The first-order valence-electron chi connectivity index (χ1n) is 22.6. The maximum absolute atomic E-state index is 2.55. The van der Waals surface area contributed by atoms with Gasteiger partial charge in [0.1, 0.15) is 0 Å². The Kier molecular flexibility index (Phi) is 7.86. The monoisotopic (exact) mass is 781 g/mol. The minimum atomic E-state index is -0.303. The molecule has 1 atom stereocenters. The average molecular weight is 782 g/mol. The highest BCUT2D eigenvalue weighted by atomic mass is 15.1. The normalized spacial score (nSPS) is 18.5. The highest BCUT2D eigenvalue weighted by Gasteiger charge is 2.52. The van der Waals surface area contributed by atoms with E-state index in [1.807, 2.05) is 0 Å². The fraction of sp³-hybridized carbons (Fsp3) is 0.167. The molecule has 0 saturated heterocycles. The second-order valence-electron chi connectivity index (χ2n) is 17.9. The molecule has 6 aliphatic carbocycles. The van der Waals surface area contributed by atoms with Gasteiger partial charge in [-0.1, -0.05) is 140 Å². The number of rotatable bonds is 5. The third-order valence-electron chi connectivity index (χ3n) is 14.8. The van der Waals surface area contributed by atoms with Crippen LogP contribution in [-0.4, -0.2) is 0 Å². The summed E-state index contributed by atoms with van der Waals surface area (Å²) in [4.78, 5) is 2.55. The quantitative estimate of drug-likeness (QED) is 0.168. The summed E-state index contributed by atoms with van der Waals surface area (Å²) in [6.07, 6.45) is 22.2. The van der Waals surface area contributed by atoms with Crippen molar-refractivity contribution in [2.24, 2.45) is 0 Å². The van der Waals surface area contributed by atoms with E-state index in [2.05, 4.69) is 181 Å². The first-order valence-corrected chi connectivity index (χ1v) is 22.6. The molecule has 0 fully saturated rings. The Labute approximate surface area is 359 Å². The van der Waals surface area contributed by atoms with E-state index in [1.54, 1.807) is 0 Å². The summed E-state index contributed by atoms with van der Waals surface area (Å²) in [5, 5.41) is 0. The molecule has 0 heterocycles. The molecule has 1 nitrogen and oxygen atoms in total. The number of allylic oxidation sites excluding steroid dienone is 8. The number of aryl methyl sites for hydroxylation is 2. The summed E-state index contributed by atoms with van der Waals surface area (Å²) in [5.41, 5.74) is 28.7. The van der Waals surface area contributed by atoms with Crippen molar-refractivity contribution >= 4 is 28.2 Å². The van der Waals surface area contributed by atoms with E-state index >= 15 is 0 Å². The maximum Gasteiger partial charge on any atom is 0.0722 e. The van der Waals surface area contributed by atoms with E-state index in [0.717, 1.165) is 38.5 Å². The lowest BCUT2D eigenvalue weighted by molar-refractivity contribution is 0.685. The van der Waals surface area contributed by atoms with Crippen molar-refractivity contribution in [3.8, 4) is 33.4 Å². The van der Waals surface area contributed by atoms with Crippen LogP contribution in [0.1, 0.15) is 88.6 Å². The molecule has 0 amide bonds. The number of hydrogen-bond donors (Lipinski definition) is 0. The van der Waals surface area contributed by atoms with Crippen LogP contribution in [0.5, 0.6) is 0 Å². The van der Waals surface area contributed by atoms with Crippen molar-refractivity contribution in [2.45, 2.75) is 63.2 Å².